The van der Waals surface area contributed by atoms with Gasteiger partial charge in [0.2, 0.25) is 0 Å². The lowest BCUT2D eigenvalue weighted by Gasteiger charge is -2.33. The van der Waals surface area contributed by atoms with Gasteiger partial charge in [-0.25, -0.2) is 0 Å². The van der Waals surface area contributed by atoms with Gasteiger partial charge in [-0.05, 0) is 48.9 Å². The van der Waals surface area contributed by atoms with Gasteiger partial charge in [0.25, 0.3) is 0 Å². The van der Waals surface area contributed by atoms with Gasteiger partial charge in [0.05, 0.1) is 19.6 Å². The summed E-state index contributed by atoms with van der Waals surface area (Å²) < 4.78 is 11.5. The Balaban J connectivity index is 1.61. The van der Waals surface area contributed by atoms with Gasteiger partial charge in [-0.1, -0.05) is 67.6 Å². The molecular weight excluding hydrogens is 376 g/mol. The van der Waals surface area contributed by atoms with Crippen LogP contribution >= 0.6 is 0 Å². The van der Waals surface area contributed by atoms with E-state index in [0.29, 0.717) is 18.1 Å². The molecule has 0 saturated heterocycles. The molecule has 4 heteroatoms. The van der Waals surface area contributed by atoms with Crippen LogP contribution in [0.1, 0.15) is 37.3 Å². The molecule has 3 rings (SSSR count). The van der Waals surface area contributed by atoms with E-state index < -0.39 is 17.3 Å². The highest BCUT2D eigenvalue weighted by Gasteiger charge is 2.38. The van der Waals surface area contributed by atoms with Crippen molar-refractivity contribution in [1.29, 1.82) is 0 Å². The third-order valence-electron chi connectivity index (χ3n) is 5.77. The van der Waals surface area contributed by atoms with Gasteiger partial charge in [-0.3, -0.25) is 4.79 Å². The Morgan fingerprint density at radius 1 is 1.03 bits per heavy atom. The molecule has 30 heavy (non-hydrogen) atoms. The van der Waals surface area contributed by atoms with Crippen LogP contribution in [0.25, 0.3) is 0 Å². The van der Waals surface area contributed by atoms with E-state index in [1.165, 1.54) is 5.56 Å². The molecular formula is C26H30O4. The maximum atomic E-state index is 11.8. The zero-order valence-corrected chi connectivity index (χ0v) is 17.7. The van der Waals surface area contributed by atoms with Gasteiger partial charge in [-0.2, -0.15) is 0 Å². The number of aryl methyl sites for hydroxylation is 1. The van der Waals surface area contributed by atoms with Crippen LogP contribution in [-0.4, -0.2) is 24.8 Å². The summed E-state index contributed by atoms with van der Waals surface area (Å²) in [5.74, 6) is -0.142. The Morgan fingerprint density at radius 3 is 2.57 bits per heavy atom. The van der Waals surface area contributed by atoms with E-state index in [4.69, 9.17) is 9.47 Å². The van der Waals surface area contributed by atoms with Crippen LogP contribution in [-0.2, 0) is 16.6 Å². The van der Waals surface area contributed by atoms with Crippen molar-refractivity contribution in [1.82, 2.24) is 0 Å². The summed E-state index contributed by atoms with van der Waals surface area (Å²) in [7, 11) is 1.62. The Labute approximate surface area is 178 Å². The summed E-state index contributed by atoms with van der Waals surface area (Å²) in [6.07, 6.45) is 11.6. The lowest BCUT2D eigenvalue weighted by atomic mass is 9.69. The van der Waals surface area contributed by atoms with Crippen molar-refractivity contribution in [2.45, 2.75) is 38.0 Å². The minimum absolute atomic E-state index is 0.601. The zero-order chi connectivity index (χ0) is 21.4. The highest BCUT2D eigenvalue weighted by Crippen LogP contribution is 2.41. The number of carboxylic acids is 1. The lowest BCUT2D eigenvalue weighted by molar-refractivity contribution is -0.141. The lowest BCUT2D eigenvalue weighted by Crippen LogP contribution is -2.35. The average Bonchev–Trinajstić information content (AvgIpc) is 2.76. The van der Waals surface area contributed by atoms with Crippen molar-refractivity contribution < 1.29 is 19.4 Å². The van der Waals surface area contributed by atoms with Crippen molar-refractivity contribution in [3.63, 3.8) is 0 Å². The minimum Gasteiger partial charge on any atom is -0.493 e. The molecule has 0 bridgehead atoms. The van der Waals surface area contributed by atoms with Gasteiger partial charge in [0.15, 0.2) is 11.5 Å². The zero-order valence-electron chi connectivity index (χ0n) is 17.7. The summed E-state index contributed by atoms with van der Waals surface area (Å²) in [5.41, 5.74) is 1.62. The largest absolute Gasteiger partial charge is 0.493 e. The third kappa shape index (κ3) is 5.12. The standard InChI is InChI=1S/C26H30O4/c1-26(17-9-8-14-22(26)25(27)28)21-15-16-23(29-2)24(19-21)30-18-10-4-7-13-20-11-5-3-6-12-20/h3,5-6,8-9,11-12,14-17,19,22H,4,7,10,13,18H2,1-2H3,(H,27,28). The van der Waals surface area contributed by atoms with Crippen LogP contribution in [0, 0.1) is 5.92 Å². The molecule has 1 N–H and O–H groups in total. The number of carboxylic acid groups (broad SMARTS) is 1. The molecule has 158 valence electrons. The molecule has 0 heterocycles. The van der Waals surface area contributed by atoms with E-state index in [2.05, 4.69) is 24.3 Å². The number of ether oxygens (including phenoxy) is 2. The molecule has 0 aromatic heterocycles. The minimum atomic E-state index is -0.838. The van der Waals surface area contributed by atoms with E-state index >= 15 is 0 Å². The number of allylic oxidation sites excluding steroid dienone is 3. The fourth-order valence-corrected chi connectivity index (χ4v) is 3.91. The fraction of sp³-hybridized carbons (Fsp3) is 0.346. The topological polar surface area (TPSA) is 55.8 Å². The second-order valence-electron chi connectivity index (χ2n) is 7.85. The van der Waals surface area contributed by atoms with E-state index in [0.717, 1.165) is 31.2 Å². The summed E-state index contributed by atoms with van der Waals surface area (Å²) in [6, 6.07) is 16.2. The first-order valence-electron chi connectivity index (χ1n) is 10.5. The molecule has 2 aromatic rings. The van der Waals surface area contributed by atoms with Crippen LogP contribution in [0.2, 0.25) is 0 Å². The molecule has 0 radical (unpaired) electrons. The van der Waals surface area contributed by atoms with Gasteiger partial charge in [-0.15, -0.1) is 0 Å². The molecule has 1 aliphatic rings. The van der Waals surface area contributed by atoms with E-state index in [1.807, 2.05) is 43.3 Å². The summed E-state index contributed by atoms with van der Waals surface area (Å²) in [4.78, 5) is 11.8. The monoisotopic (exact) mass is 406 g/mol. The number of carbonyl (C=O) groups is 1. The van der Waals surface area contributed by atoms with Crippen LogP contribution in [0.15, 0.2) is 72.8 Å². The average molecular weight is 407 g/mol. The second-order valence-corrected chi connectivity index (χ2v) is 7.85. The normalized spacial score (nSPS) is 20.1. The Morgan fingerprint density at radius 2 is 1.83 bits per heavy atom. The van der Waals surface area contributed by atoms with E-state index in [-0.39, 0.29) is 0 Å². The molecule has 0 saturated carbocycles. The maximum absolute atomic E-state index is 11.8. The third-order valence-corrected chi connectivity index (χ3v) is 5.77. The number of benzene rings is 2. The molecule has 0 spiro atoms. The quantitative estimate of drug-likeness (QED) is 0.524. The summed E-state index contributed by atoms with van der Waals surface area (Å²) in [5, 5.41) is 9.67. The number of rotatable bonds is 10. The van der Waals surface area contributed by atoms with Crippen LogP contribution < -0.4 is 9.47 Å². The summed E-state index contributed by atoms with van der Waals surface area (Å²) >= 11 is 0. The first-order valence-corrected chi connectivity index (χ1v) is 10.5. The molecule has 2 atom stereocenters. The Bertz CT molecular complexity index is 901. The predicted octanol–water partition coefficient (Wildman–Crippen LogP) is 5.57. The van der Waals surface area contributed by atoms with E-state index in [1.54, 1.807) is 19.3 Å². The van der Waals surface area contributed by atoms with Crippen LogP contribution in [0.3, 0.4) is 0 Å². The Kier molecular flexibility index (Phi) is 7.34. The SMILES string of the molecule is COc1ccc(C2(C)C=CC=CC2C(=O)O)cc1OCCCCCc1ccccc1. The molecule has 0 fully saturated rings. The molecule has 2 aromatic carbocycles. The number of unbranched alkanes of at least 4 members (excludes halogenated alkanes) is 2. The molecule has 2 unspecified atom stereocenters. The highest BCUT2D eigenvalue weighted by molar-refractivity contribution is 5.76. The number of methoxy groups -OCH3 is 1. The van der Waals surface area contributed by atoms with Crippen LogP contribution in [0.4, 0.5) is 0 Å². The number of hydrogen-bond donors (Lipinski definition) is 1. The van der Waals surface area contributed by atoms with Crippen molar-refractivity contribution in [3.8, 4) is 11.5 Å². The Hall–Kier alpha value is -3.01. The number of aliphatic carboxylic acids is 1. The van der Waals surface area contributed by atoms with Gasteiger partial charge >= 0.3 is 5.97 Å². The highest BCUT2D eigenvalue weighted by atomic mass is 16.5. The predicted molar refractivity (Wildman–Crippen MR) is 119 cm³/mol. The maximum Gasteiger partial charge on any atom is 0.311 e. The fourth-order valence-electron chi connectivity index (χ4n) is 3.91. The molecule has 1 aliphatic carbocycles. The van der Waals surface area contributed by atoms with Gasteiger partial charge in [0, 0.05) is 5.41 Å². The van der Waals surface area contributed by atoms with Crippen molar-refractivity contribution in [2.75, 3.05) is 13.7 Å². The second kappa shape index (κ2) is 10.1. The van der Waals surface area contributed by atoms with Crippen molar-refractivity contribution in [2.24, 2.45) is 5.92 Å². The van der Waals surface area contributed by atoms with Gasteiger partial charge < -0.3 is 14.6 Å². The van der Waals surface area contributed by atoms with E-state index in [9.17, 15) is 9.90 Å². The molecule has 4 nitrogen and oxygen atoms in total. The molecule has 0 aliphatic heterocycles. The first kappa shape index (κ1) is 21.7. The summed E-state index contributed by atoms with van der Waals surface area (Å²) in [6.45, 7) is 2.55. The van der Waals surface area contributed by atoms with Crippen molar-refractivity contribution >= 4 is 5.97 Å². The first-order chi connectivity index (χ1) is 14.5. The van der Waals surface area contributed by atoms with Crippen molar-refractivity contribution in [3.05, 3.63) is 84.0 Å². The van der Waals surface area contributed by atoms with Crippen LogP contribution in [0.5, 0.6) is 11.5 Å². The van der Waals surface area contributed by atoms with Gasteiger partial charge in [0.1, 0.15) is 0 Å². The smallest absolute Gasteiger partial charge is 0.311 e. The number of hydrogen-bond acceptors (Lipinski definition) is 3. The molecule has 0 amide bonds.